The van der Waals surface area contributed by atoms with E-state index in [1.165, 1.54) is 0 Å². The van der Waals surface area contributed by atoms with Crippen LogP contribution in [0.1, 0.15) is 58.8 Å². The summed E-state index contributed by atoms with van der Waals surface area (Å²) in [6.07, 6.45) is 7.65. The molecule has 0 aromatic heterocycles. The van der Waals surface area contributed by atoms with Gasteiger partial charge in [0.1, 0.15) is 0 Å². The summed E-state index contributed by atoms with van der Waals surface area (Å²) in [4.78, 5) is 11.8. The first-order valence-corrected chi connectivity index (χ1v) is 8.97. The highest BCUT2D eigenvalue weighted by molar-refractivity contribution is 5.91. The van der Waals surface area contributed by atoms with Gasteiger partial charge in [0.25, 0.3) is 0 Å². The van der Waals surface area contributed by atoms with Gasteiger partial charge < -0.3 is 10.2 Å². The molecule has 122 valence electrons. The van der Waals surface area contributed by atoms with Crippen LogP contribution in [0.4, 0.5) is 0 Å². The minimum absolute atomic E-state index is 0.00881. The maximum Gasteiger partial charge on any atom is 0.155 e. The summed E-state index contributed by atoms with van der Waals surface area (Å²) in [5.41, 5.74) is 1.04. The Morgan fingerprint density at radius 1 is 1.09 bits per heavy atom. The number of hydrogen-bond acceptors (Lipinski definition) is 3. The Balaban J connectivity index is 1.73. The lowest BCUT2D eigenvalue weighted by Crippen LogP contribution is -2.54. The molecule has 4 aliphatic rings. The standard InChI is InChI=1S/C19H28O3/c1-18-7-5-11(20)9-15(18)16(21)10-12-13-3-4-17(22)19(13,2)8-6-14(12)18/h9,12-14,16-17,21-22H,3-8,10H2,1-2H3/t12-,13?,14?,16?,17-,18+,19-/m1/s1. The van der Waals surface area contributed by atoms with Crippen molar-refractivity contribution < 1.29 is 15.0 Å². The van der Waals surface area contributed by atoms with E-state index >= 15 is 0 Å². The highest BCUT2D eigenvalue weighted by atomic mass is 16.3. The number of hydrogen-bond donors (Lipinski definition) is 2. The van der Waals surface area contributed by atoms with Crippen molar-refractivity contribution >= 4 is 5.78 Å². The molecule has 3 heteroatoms. The van der Waals surface area contributed by atoms with Crippen LogP contribution < -0.4 is 0 Å². The molecule has 4 aliphatic carbocycles. The smallest absolute Gasteiger partial charge is 0.155 e. The lowest BCUT2D eigenvalue weighted by Gasteiger charge is -2.58. The van der Waals surface area contributed by atoms with Crippen molar-refractivity contribution in [3.8, 4) is 0 Å². The van der Waals surface area contributed by atoms with E-state index in [-0.39, 0.29) is 22.7 Å². The fourth-order valence-electron chi connectivity index (χ4n) is 6.58. The molecule has 0 saturated heterocycles. The van der Waals surface area contributed by atoms with Crippen LogP contribution in [-0.4, -0.2) is 28.2 Å². The first kappa shape index (κ1) is 14.9. The van der Waals surface area contributed by atoms with Crippen LogP contribution in [0.5, 0.6) is 0 Å². The van der Waals surface area contributed by atoms with Gasteiger partial charge in [-0.15, -0.1) is 0 Å². The topological polar surface area (TPSA) is 57.5 Å². The molecule has 0 aromatic rings. The molecule has 3 nitrogen and oxygen atoms in total. The van der Waals surface area contributed by atoms with Crippen molar-refractivity contribution in [2.45, 2.75) is 71.0 Å². The van der Waals surface area contributed by atoms with E-state index in [0.717, 1.165) is 44.1 Å². The van der Waals surface area contributed by atoms with E-state index in [2.05, 4.69) is 13.8 Å². The first-order valence-electron chi connectivity index (χ1n) is 8.97. The molecule has 0 aliphatic heterocycles. The molecule has 2 N–H and O–H groups in total. The van der Waals surface area contributed by atoms with Crippen LogP contribution in [0, 0.1) is 28.6 Å². The van der Waals surface area contributed by atoms with Crippen molar-refractivity contribution in [2.75, 3.05) is 0 Å². The van der Waals surface area contributed by atoms with Crippen molar-refractivity contribution in [1.82, 2.24) is 0 Å². The summed E-state index contributed by atoms with van der Waals surface area (Å²) in [5, 5.41) is 21.2. The summed E-state index contributed by atoms with van der Waals surface area (Å²) < 4.78 is 0. The third-order valence-corrected chi connectivity index (χ3v) is 7.93. The zero-order chi connectivity index (χ0) is 15.7. The monoisotopic (exact) mass is 304 g/mol. The van der Waals surface area contributed by atoms with Crippen LogP contribution in [0.2, 0.25) is 0 Å². The van der Waals surface area contributed by atoms with Crippen molar-refractivity contribution in [2.24, 2.45) is 28.6 Å². The van der Waals surface area contributed by atoms with Crippen LogP contribution in [0.15, 0.2) is 11.6 Å². The average molecular weight is 304 g/mol. The molecule has 0 spiro atoms. The number of aliphatic hydroxyl groups is 2. The molecule has 0 amide bonds. The third kappa shape index (κ3) is 1.78. The predicted octanol–water partition coefficient (Wildman–Crippen LogP) is 2.85. The zero-order valence-electron chi connectivity index (χ0n) is 13.7. The maximum absolute atomic E-state index is 11.8. The quantitative estimate of drug-likeness (QED) is 0.723. The van der Waals surface area contributed by atoms with Crippen molar-refractivity contribution in [3.63, 3.8) is 0 Å². The van der Waals surface area contributed by atoms with Crippen LogP contribution in [0.3, 0.4) is 0 Å². The number of aliphatic hydroxyl groups excluding tert-OH is 2. The van der Waals surface area contributed by atoms with Gasteiger partial charge in [-0.05, 0) is 78.8 Å². The number of carbonyl (C=O) groups is 1. The van der Waals surface area contributed by atoms with E-state index in [9.17, 15) is 15.0 Å². The SMILES string of the molecule is C[C@@]12CCC(=O)C=C1C(O)C[C@H]1C2CC[C@]2(C)C1CC[C@H]2O. The molecular weight excluding hydrogens is 276 g/mol. The number of carbonyl (C=O) groups excluding carboxylic acids is 1. The van der Waals surface area contributed by atoms with Gasteiger partial charge in [-0.3, -0.25) is 4.79 Å². The van der Waals surface area contributed by atoms with E-state index in [1.807, 2.05) is 0 Å². The molecule has 0 bridgehead atoms. The Kier molecular flexibility index (Phi) is 3.16. The van der Waals surface area contributed by atoms with Crippen molar-refractivity contribution in [3.05, 3.63) is 11.6 Å². The van der Waals surface area contributed by atoms with Gasteiger partial charge in [0, 0.05) is 6.42 Å². The molecular formula is C19H28O3. The predicted molar refractivity (Wildman–Crippen MR) is 84.1 cm³/mol. The highest BCUT2D eigenvalue weighted by Crippen LogP contribution is 2.65. The fourth-order valence-corrected chi connectivity index (χ4v) is 6.58. The molecule has 7 atom stereocenters. The summed E-state index contributed by atoms with van der Waals surface area (Å²) in [6.45, 7) is 4.54. The van der Waals surface area contributed by atoms with E-state index in [0.29, 0.717) is 24.2 Å². The summed E-state index contributed by atoms with van der Waals surface area (Å²) in [7, 11) is 0. The average Bonchev–Trinajstić information content (AvgIpc) is 2.77. The Bertz CT molecular complexity index is 539. The van der Waals surface area contributed by atoms with Gasteiger partial charge in [-0.25, -0.2) is 0 Å². The minimum Gasteiger partial charge on any atom is -0.393 e. The minimum atomic E-state index is -0.462. The number of ketones is 1. The number of fused-ring (bicyclic) bond motifs is 5. The van der Waals surface area contributed by atoms with Crippen molar-refractivity contribution in [1.29, 1.82) is 0 Å². The largest absolute Gasteiger partial charge is 0.393 e. The van der Waals surface area contributed by atoms with Gasteiger partial charge in [0.15, 0.2) is 5.78 Å². The van der Waals surface area contributed by atoms with E-state index < -0.39 is 6.10 Å². The Labute approximate surface area is 132 Å². The van der Waals surface area contributed by atoms with E-state index in [1.54, 1.807) is 6.08 Å². The van der Waals surface area contributed by atoms with Gasteiger partial charge in [-0.2, -0.15) is 0 Å². The third-order valence-electron chi connectivity index (χ3n) is 7.93. The van der Waals surface area contributed by atoms with Gasteiger partial charge in [0.05, 0.1) is 12.2 Å². The fraction of sp³-hybridized carbons (Fsp3) is 0.842. The molecule has 22 heavy (non-hydrogen) atoms. The second kappa shape index (κ2) is 4.67. The van der Waals surface area contributed by atoms with Crippen LogP contribution in [0.25, 0.3) is 0 Å². The highest BCUT2D eigenvalue weighted by Gasteiger charge is 2.60. The molecule has 0 heterocycles. The van der Waals surface area contributed by atoms with Crippen LogP contribution >= 0.6 is 0 Å². The van der Waals surface area contributed by atoms with Crippen LogP contribution in [-0.2, 0) is 4.79 Å². The summed E-state index contributed by atoms with van der Waals surface area (Å²) in [5.74, 6) is 1.79. The maximum atomic E-state index is 11.8. The Hall–Kier alpha value is -0.670. The molecule has 3 saturated carbocycles. The van der Waals surface area contributed by atoms with E-state index in [4.69, 9.17) is 0 Å². The normalized spacial score (nSPS) is 54.3. The molecule has 4 rings (SSSR count). The van der Waals surface area contributed by atoms with Gasteiger partial charge in [-0.1, -0.05) is 13.8 Å². The first-order chi connectivity index (χ1) is 10.4. The zero-order valence-corrected chi connectivity index (χ0v) is 13.7. The summed E-state index contributed by atoms with van der Waals surface area (Å²) in [6, 6.07) is 0. The Morgan fingerprint density at radius 2 is 1.86 bits per heavy atom. The molecule has 3 fully saturated rings. The lowest BCUT2D eigenvalue weighted by molar-refractivity contribution is -0.120. The second-order valence-electron chi connectivity index (χ2n) is 8.75. The number of rotatable bonds is 0. The second-order valence-corrected chi connectivity index (χ2v) is 8.75. The lowest BCUT2D eigenvalue weighted by atomic mass is 9.47. The Morgan fingerprint density at radius 3 is 2.64 bits per heavy atom. The van der Waals surface area contributed by atoms with Gasteiger partial charge in [0.2, 0.25) is 0 Å². The molecule has 3 unspecified atom stereocenters. The van der Waals surface area contributed by atoms with Gasteiger partial charge >= 0.3 is 0 Å². The molecule has 0 radical (unpaired) electrons. The molecule has 0 aromatic carbocycles. The summed E-state index contributed by atoms with van der Waals surface area (Å²) >= 11 is 0.